The van der Waals surface area contributed by atoms with Crippen molar-refractivity contribution in [1.82, 2.24) is 4.98 Å². The Morgan fingerprint density at radius 2 is 2.15 bits per heavy atom. The van der Waals surface area contributed by atoms with Crippen molar-refractivity contribution in [3.05, 3.63) is 52.7 Å². The second kappa shape index (κ2) is 6.39. The number of hydrogen-bond acceptors (Lipinski definition) is 3. The molecule has 5 heteroatoms. The summed E-state index contributed by atoms with van der Waals surface area (Å²) in [5.41, 5.74) is 1.30. The van der Waals surface area contributed by atoms with Crippen LogP contribution in [0.5, 0.6) is 5.75 Å². The number of benzene rings is 1. The highest BCUT2D eigenvalue weighted by atomic mass is 35.5. The van der Waals surface area contributed by atoms with Gasteiger partial charge in [0.15, 0.2) is 0 Å². The minimum atomic E-state index is -0.256. The number of anilines is 1. The zero-order chi connectivity index (χ0) is 14.5. The predicted molar refractivity (Wildman–Crippen MR) is 79.5 cm³/mol. The fourth-order valence-electron chi connectivity index (χ4n) is 1.72. The summed E-state index contributed by atoms with van der Waals surface area (Å²) < 4.78 is 5.33. The fraction of sp³-hybridized carbons (Fsp3) is 0.200. The number of amides is 1. The van der Waals surface area contributed by atoms with Gasteiger partial charge in [-0.25, -0.2) is 4.98 Å². The van der Waals surface area contributed by atoms with E-state index in [1.807, 2.05) is 26.0 Å². The summed E-state index contributed by atoms with van der Waals surface area (Å²) in [7, 11) is 0. The van der Waals surface area contributed by atoms with Gasteiger partial charge in [0.2, 0.25) is 0 Å². The molecule has 0 aliphatic carbocycles. The molecule has 0 unspecified atom stereocenters. The Kier molecular flexibility index (Phi) is 4.58. The molecule has 1 aromatic heterocycles. The van der Waals surface area contributed by atoms with Crippen LogP contribution in [0.25, 0.3) is 0 Å². The van der Waals surface area contributed by atoms with Crippen molar-refractivity contribution in [2.75, 3.05) is 11.9 Å². The topological polar surface area (TPSA) is 51.2 Å². The van der Waals surface area contributed by atoms with Crippen molar-refractivity contribution in [3.63, 3.8) is 0 Å². The number of nitrogens with zero attached hydrogens (tertiary/aromatic N) is 1. The Labute approximate surface area is 122 Å². The number of carbonyl (C=O) groups excluding carboxylic acids is 1. The van der Waals surface area contributed by atoms with Gasteiger partial charge >= 0.3 is 0 Å². The molecule has 0 bridgehead atoms. The maximum Gasteiger partial charge on any atom is 0.256 e. The molecule has 0 radical (unpaired) electrons. The molecule has 104 valence electrons. The van der Waals surface area contributed by atoms with E-state index in [1.54, 1.807) is 24.3 Å². The van der Waals surface area contributed by atoms with Crippen LogP contribution in [0.2, 0.25) is 5.02 Å². The first-order chi connectivity index (χ1) is 9.60. The van der Waals surface area contributed by atoms with Crippen LogP contribution < -0.4 is 10.1 Å². The quantitative estimate of drug-likeness (QED) is 0.934. The number of carbonyl (C=O) groups is 1. The Morgan fingerprint density at radius 1 is 1.35 bits per heavy atom. The average molecular weight is 291 g/mol. The first-order valence-electron chi connectivity index (χ1n) is 6.27. The first kappa shape index (κ1) is 14.3. The molecule has 4 nitrogen and oxygen atoms in total. The third-order valence-corrected chi connectivity index (χ3v) is 2.92. The Balaban J connectivity index is 2.15. The monoisotopic (exact) mass is 290 g/mol. The molecule has 1 N–H and O–H groups in total. The zero-order valence-electron chi connectivity index (χ0n) is 11.3. The van der Waals surface area contributed by atoms with E-state index in [9.17, 15) is 4.79 Å². The molecule has 0 saturated carbocycles. The van der Waals surface area contributed by atoms with Gasteiger partial charge in [-0.1, -0.05) is 17.7 Å². The molecule has 0 spiro atoms. The number of aromatic nitrogens is 1. The summed E-state index contributed by atoms with van der Waals surface area (Å²) >= 11 is 6.06. The molecule has 0 fully saturated rings. The maximum atomic E-state index is 12.1. The Morgan fingerprint density at radius 3 is 2.80 bits per heavy atom. The smallest absolute Gasteiger partial charge is 0.256 e. The Hall–Kier alpha value is -2.07. The highest BCUT2D eigenvalue weighted by molar-refractivity contribution is 6.32. The van der Waals surface area contributed by atoms with Crippen molar-refractivity contribution < 1.29 is 9.53 Å². The molecule has 2 rings (SSSR count). The third-order valence-electron chi connectivity index (χ3n) is 2.62. The highest BCUT2D eigenvalue weighted by Crippen LogP contribution is 2.25. The number of nitrogens with one attached hydrogen (secondary N) is 1. The molecular weight excluding hydrogens is 276 g/mol. The number of rotatable bonds is 4. The minimum Gasteiger partial charge on any atom is -0.492 e. The molecule has 0 saturated heterocycles. The standard InChI is InChI=1S/C15H15ClN2O2/c1-3-20-13-8-7-11(9-12(13)16)15(19)18-14-6-4-5-10(2)17-14/h4-9H,3H2,1-2H3,(H,17,18,19). The van der Waals surface area contributed by atoms with Gasteiger partial charge < -0.3 is 10.1 Å². The second-order valence-corrected chi connectivity index (χ2v) is 4.60. The van der Waals surface area contributed by atoms with Crippen LogP contribution in [-0.2, 0) is 0 Å². The molecule has 0 aliphatic heterocycles. The van der Waals surface area contributed by atoms with Gasteiger partial charge in [-0.3, -0.25) is 4.79 Å². The van der Waals surface area contributed by atoms with Crippen molar-refractivity contribution in [2.45, 2.75) is 13.8 Å². The lowest BCUT2D eigenvalue weighted by Crippen LogP contribution is -2.13. The van der Waals surface area contributed by atoms with Crippen molar-refractivity contribution in [1.29, 1.82) is 0 Å². The van der Waals surface area contributed by atoms with E-state index < -0.39 is 0 Å². The van der Waals surface area contributed by atoms with Crippen molar-refractivity contribution in [3.8, 4) is 5.75 Å². The summed E-state index contributed by atoms with van der Waals surface area (Å²) in [5.74, 6) is 0.826. The number of hydrogen-bond donors (Lipinski definition) is 1. The van der Waals surface area contributed by atoms with Crippen LogP contribution in [0.3, 0.4) is 0 Å². The van der Waals surface area contributed by atoms with E-state index in [4.69, 9.17) is 16.3 Å². The fourth-order valence-corrected chi connectivity index (χ4v) is 1.95. The number of pyridine rings is 1. The summed E-state index contributed by atoms with van der Waals surface area (Å²) in [6.07, 6.45) is 0. The van der Waals surface area contributed by atoms with Gasteiger partial charge in [-0.2, -0.15) is 0 Å². The van der Waals surface area contributed by atoms with Gasteiger partial charge in [0, 0.05) is 11.3 Å². The molecule has 0 atom stereocenters. The normalized spacial score (nSPS) is 10.2. The van der Waals surface area contributed by atoms with Gasteiger partial charge in [-0.05, 0) is 44.2 Å². The lowest BCUT2D eigenvalue weighted by molar-refractivity contribution is 0.102. The van der Waals surface area contributed by atoms with E-state index >= 15 is 0 Å². The first-order valence-corrected chi connectivity index (χ1v) is 6.65. The van der Waals surface area contributed by atoms with E-state index in [-0.39, 0.29) is 5.91 Å². The van der Waals surface area contributed by atoms with Gasteiger partial charge in [-0.15, -0.1) is 0 Å². The highest BCUT2D eigenvalue weighted by Gasteiger charge is 2.10. The van der Waals surface area contributed by atoms with Crippen molar-refractivity contribution >= 4 is 23.3 Å². The lowest BCUT2D eigenvalue weighted by atomic mass is 10.2. The number of ether oxygens (including phenoxy) is 1. The van der Waals surface area contributed by atoms with Gasteiger partial charge in [0.05, 0.1) is 11.6 Å². The summed E-state index contributed by atoms with van der Waals surface area (Å²) in [4.78, 5) is 16.3. The van der Waals surface area contributed by atoms with Gasteiger partial charge in [0.25, 0.3) is 5.91 Å². The molecule has 0 aliphatic rings. The number of halogens is 1. The Bertz CT molecular complexity index is 629. The summed E-state index contributed by atoms with van der Waals surface area (Å²) in [5, 5.41) is 3.14. The van der Waals surface area contributed by atoms with E-state index in [2.05, 4.69) is 10.3 Å². The predicted octanol–water partition coefficient (Wildman–Crippen LogP) is 3.69. The molecule has 2 aromatic rings. The van der Waals surface area contributed by atoms with Crippen LogP contribution in [-0.4, -0.2) is 17.5 Å². The molecular formula is C15H15ClN2O2. The summed E-state index contributed by atoms with van der Waals surface area (Å²) in [6, 6.07) is 10.4. The molecule has 20 heavy (non-hydrogen) atoms. The van der Waals surface area contributed by atoms with Crippen LogP contribution in [0.4, 0.5) is 5.82 Å². The minimum absolute atomic E-state index is 0.256. The SMILES string of the molecule is CCOc1ccc(C(=O)Nc2cccc(C)n2)cc1Cl. The van der Waals surface area contributed by atoms with E-state index in [0.717, 1.165) is 5.69 Å². The maximum absolute atomic E-state index is 12.1. The lowest BCUT2D eigenvalue weighted by Gasteiger charge is -2.08. The second-order valence-electron chi connectivity index (χ2n) is 4.20. The molecule has 1 aromatic carbocycles. The van der Waals surface area contributed by atoms with Crippen LogP contribution in [0.15, 0.2) is 36.4 Å². The van der Waals surface area contributed by atoms with Crippen molar-refractivity contribution in [2.24, 2.45) is 0 Å². The summed E-state index contributed by atoms with van der Waals surface area (Å²) in [6.45, 7) is 4.27. The number of aryl methyl sites for hydroxylation is 1. The van der Waals surface area contributed by atoms with Crippen LogP contribution in [0, 0.1) is 6.92 Å². The van der Waals surface area contributed by atoms with Crippen LogP contribution in [0.1, 0.15) is 23.0 Å². The van der Waals surface area contributed by atoms with E-state index in [0.29, 0.717) is 28.8 Å². The third kappa shape index (κ3) is 3.48. The van der Waals surface area contributed by atoms with Crippen LogP contribution >= 0.6 is 11.6 Å². The molecule has 1 heterocycles. The largest absolute Gasteiger partial charge is 0.492 e. The van der Waals surface area contributed by atoms with E-state index in [1.165, 1.54) is 0 Å². The molecule has 1 amide bonds. The zero-order valence-corrected chi connectivity index (χ0v) is 12.1. The average Bonchev–Trinajstić information content (AvgIpc) is 2.41. The van der Waals surface area contributed by atoms with Gasteiger partial charge in [0.1, 0.15) is 11.6 Å².